The Balaban J connectivity index is 1.49. The van der Waals surface area contributed by atoms with E-state index in [1.165, 1.54) is 11.3 Å². The lowest BCUT2D eigenvalue weighted by atomic mass is 10.0. The molecule has 0 fully saturated rings. The summed E-state index contributed by atoms with van der Waals surface area (Å²) in [7, 11) is 0. The largest absolute Gasteiger partial charge is 0.467 e. The summed E-state index contributed by atoms with van der Waals surface area (Å²) in [6, 6.07) is 17.0. The Hall–Kier alpha value is -3.62. The van der Waals surface area contributed by atoms with Gasteiger partial charge in [-0.2, -0.15) is 5.10 Å². The van der Waals surface area contributed by atoms with Gasteiger partial charge in [-0.1, -0.05) is 35.9 Å². The predicted octanol–water partition coefficient (Wildman–Crippen LogP) is 3.87. The number of esters is 1. The number of carbonyl (C=O) groups is 2. The Kier molecular flexibility index (Phi) is 7.07. The molecule has 1 unspecified atom stereocenters. The minimum atomic E-state index is -0.653. The molecule has 9 heteroatoms. The maximum absolute atomic E-state index is 13.0. The predicted molar refractivity (Wildman–Crippen MR) is 123 cm³/mol. The second-order valence-corrected chi connectivity index (χ2v) is 7.74. The van der Waals surface area contributed by atoms with Crippen LogP contribution >= 0.6 is 11.6 Å². The van der Waals surface area contributed by atoms with E-state index >= 15 is 0 Å². The SMILES string of the molecule is O=C(OCC(=O)N1N=C(c2ccc(Cl)cc2)CC1c1ccco1)c1ccccc1NCCO. The van der Waals surface area contributed by atoms with Gasteiger partial charge in [0.25, 0.3) is 5.91 Å². The fourth-order valence-electron chi connectivity index (χ4n) is 3.54. The van der Waals surface area contributed by atoms with Gasteiger partial charge in [-0.15, -0.1) is 0 Å². The number of aliphatic hydroxyl groups excluding tert-OH is 1. The van der Waals surface area contributed by atoms with Gasteiger partial charge in [0.2, 0.25) is 0 Å². The summed E-state index contributed by atoms with van der Waals surface area (Å²) in [5.41, 5.74) is 2.33. The molecule has 8 nitrogen and oxygen atoms in total. The van der Waals surface area contributed by atoms with Crippen molar-refractivity contribution in [2.45, 2.75) is 12.5 Å². The number of anilines is 1. The van der Waals surface area contributed by atoms with Crippen LogP contribution < -0.4 is 5.32 Å². The monoisotopic (exact) mass is 467 g/mol. The summed E-state index contributed by atoms with van der Waals surface area (Å²) in [4.78, 5) is 25.6. The van der Waals surface area contributed by atoms with E-state index in [4.69, 9.17) is 25.9 Å². The van der Waals surface area contributed by atoms with Crippen LogP contribution in [0.4, 0.5) is 5.69 Å². The molecule has 1 amide bonds. The second-order valence-electron chi connectivity index (χ2n) is 7.30. The number of para-hydroxylation sites is 1. The Morgan fingerprint density at radius 1 is 1.15 bits per heavy atom. The topological polar surface area (TPSA) is 104 Å². The third kappa shape index (κ3) is 5.24. The van der Waals surface area contributed by atoms with Crippen molar-refractivity contribution in [3.8, 4) is 0 Å². The highest BCUT2D eigenvalue weighted by atomic mass is 35.5. The van der Waals surface area contributed by atoms with Gasteiger partial charge >= 0.3 is 5.97 Å². The van der Waals surface area contributed by atoms with E-state index in [-0.39, 0.29) is 18.7 Å². The quantitative estimate of drug-likeness (QED) is 0.487. The number of benzene rings is 2. The fourth-order valence-corrected chi connectivity index (χ4v) is 3.66. The third-order valence-corrected chi connectivity index (χ3v) is 5.37. The molecular formula is C24H22ClN3O5. The standard InChI is InChI=1S/C24H22ClN3O5/c25-17-9-7-16(8-10-17)20-14-21(22-6-3-13-32-22)28(27-20)23(30)15-33-24(31)18-4-1-2-5-19(18)26-11-12-29/h1-10,13,21,26,29H,11-12,14-15H2. The molecule has 4 rings (SSSR count). The third-order valence-electron chi connectivity index (χ3n) is 5.12. The normalized spacial score (nSPS) is 15.3. The van der Waals surface area contributed by atoms with Crippen LogP contribution in [0.3, 0.4) is 0 Å². The van der Waals surface area contributed by atoms with E-state index in [1.54, 1.807) is 48.5 Å². The average molecular weight is 468 g/mol. The van der Waals surface area contributed by atoms with Crippen molar-refractivity contribution in [1.29, 1.82) is 0 Å². The van der Waals surface area contributed by atoms with Gasteiger partial charge in [-0.05, 0) is 42.0 Å². The van der Waals surface area contributed by atoms with E-state index < -0.39 is 24.5 Å². The van der Waals surface area contributed by atoms with E-state index in [9.17, 15) is 9.59 Å². The van der Waals surface area contributed by atoms with Crippen molar-refractivity contribution >= 4 is 34.9 Å². The number of hydrazone groups is 1. The molecule has 0 spiro atoms. The molecule has 0 bridgehead atoms. The Morgan fingerprint density at radius 2 is 1.94 bits per heavy atom. The zero-order valence-corrected chi connectivity index (χ0v) is 18.4. The number of aliphatic hydroxyl groups is 1. The molecule has 2 N–H and O–H groups in total. The number of amides is 1. The van der Waals surface area contributed by atoms with Crippen LogP contribution in [0.15, 0.2) is 76.4 Å². The lowest BCUT2D eigenvalue weighted by Gasteiger charge is -2.20. The lowest BCUT2D eigenvalue weighted by Crippen LogP contribution is -2.31. The van der Waals surface area contributed by atoms with Crippen molar-refractivity contribution in [1.82, 2.24) is 5.01 Å². The summed E-state index contributed by atoms with van der Waals surface area (Å²) < 4.78 is 10.8. The van der Waals surface area contributed by atoms with E-state index in [0.29, 0.717) is 28.6 Å². The van der Waals surface area contributed by atoms with Gasteiger partial charge in [0.05, 0.1) is 24.1 Å². The molecule has 0 aliphatic carbocycles. The van der Waals surface area contributed by atoms with Crippen LogP contribution in [0, 0.1) is 0 Å². The van der Waals surface area contributed by atoms with Crippen LogP contribution in [0.1, 0.15) is 34.1 Å². The maximum atomic E-state index is 13.0. The molecule has 1 atom stereocenters. The number of halogens is 1. The Bertz CT molecular complexity index is 1150. The van der Waals surface area contributed by atoms with Crippen molar-refractivity contribution < 1.29 is 23.8 Å². The van der Waals surface area contributed by atoms with E-state index in [1.807, 2.05) is 12.1 Å². The summed E-state index contributed by atoms with van der Waals surface area (Å²) in [5, 5.41) is 18.4. The van der Waals surface area contributed by atoms with Crippen molar-refractivity contribution in [2.24, 2.45) is 5.10 Å². The number of ether oxygens (including phenoxy) is 1. The summed E-state index contributed by atoms with van der Waals surface area (Å²) in [5.74, 6) is -0.546. The van der Waals surface area contributed by atoms with Gasteiger partial charge in [-0.3, -0.25) is 4.79 Å². The van der Waals surface area contributed by atoms with Gasteiger partial charge in [-0.25, -0.2) is 9.80 Å². The average Bonchev–Trinajstić information content (AvgIpc) is 3.52. The molecule has 1 aliphatic rings. The van der Waals surface area contributed by atoms with Crippen LogP contribution in [0.5, 0.6) is 0 Å². The minimum Gasteiger partial charge on any atom is -0.467 e. The first-order chi connectivity index (χ1) is 16.1. The van der Waals surface area contributed by atoms with Gasteiger partial charge in [0.1, 0.15) is 11.8 Å². The van der Waals surface area contributed by atoms with Gasteiger partial charge in [0, 0.05) is 23.7 Å². The number of hydrogen-bond acceptors (Lipinski definition) is 7. The van der Waals surface area contributed by atoms with Crippen molar-refractivity contribution in [2.75, 3.05) is 25.1 Å². The number of furan rings is 1. The molecule has 33 heavy (non-hydrogen) atoms. The fraction of sp³-hybridized carbons (Fsp3) is 0.208. The molecule has 1 aromatic heterocycles. The number of rotatable bonds is 8. The number of nitrogens with zero attached hydrogens (tertiary/aromatic N) is 2. The smallest absolute Gasteiger partial charge is 0.340 e. The highest BCUT2D eigenvalue weighted by molar-refractivity contribution is 6.30. The highest BCUT2D eigenvalue weighted by Gasteiger charge is 2.35. The molecule has 2 aromatic carbocycles. The highest BCUT2D eigenvalue weighted by Crippen LogP contribution is 2.33. The summed E-state index contributed by atoms with van der Waals surface area (Å²) >= 11 is 5.98. The van der Waals surface area contributed by atoms with E-state index in [0.717, 1.165) is 5.56 Å². The number of carbonyl (C=O) groups excluding carboxylic acids is 2. The molecule has 1 aliphatic heterocycles. The molecule has 2 heterocycles. The molecule has 0 saturated carbocycles. The first-order valence-electron chi connectivity index (χ1n) is 10.4. The van der Waals surface area contributed by atoms with E-state index in [2.05, 4.69) is 10.4 Å². The van der Waals surface area contributed by atoms with Crippen LogP contribution in [0.25, 0.3) is 0 Å². The zero-order valence-electron chi connectivity index (χ0n) is 17.6. The van der Waals surface area contributed by atoms with Gasteiger partial charge < -0.3 is 19.6 Å². The maximum Gasteiger partial charge on any atom is 0.340 e. The second kappa shape index (κ2) is 10.3. The molecular weight excluding hydrogens is 446 g/mol. The number of nitrogens with one attached hydrogen (secondary N) is 1. The Morgan fingerprint density at radius 3 is 2.67 bits per heavy atom. The zero-order chi connectivity index (χ0) is 23.2. The van der Waals surface area contributed by atoms with Crippen LogP contribution in [0.2, 0.25) is 5.02 Å². The Labute approximate surface area is 195 Å². The van der Waals surface area contributed by atoms with Crippen LogP contribution in [-0.4, -0.2) is 47.5 Å². The first-order valence-corrected chi connectivity index (χ1v) is 10.7. The molecule has 170 valence electrons. The molecule has 0 radical (unpaired) electrons. The molecule has 3 aromatic rings. The number of hydrogen-bond donors (Lipinski definition) is 2. The summed E-state index contributed by atoms with van der Waals surface area (Å²) in [6.45, 7) is -0.287. The van der Waals surface area contributed by atoms with Crippen molar-refractivity contribution in [3.63, 3.8) is 0 Å². The van der Waals surface area contributed by atoms with Gasteiger partial charge in [0.15, 0.2) is 6.61 Å². The van der Waals surface area contributed by atoms with Crippen molar-refractivity contribution in [3.05, 3.63) is 88.8 Å². The summed E-state index contributed by atoms with van der Waals surface area (Å²) in [6.07, 6.45) is 1.98. The van der Waals surface area contributed by atoms with Crippen LogP contribution in [-0.2, 0) is 9.53 Å². The minimum absolute atomic E-state index is 0.0844. The molecule has 0 saturated heterocycles. The first kappa shape index (κ1) is 22.6. The lowest BCUT2D eigenvalue weighted by molar-refractivity contribution is -0.136.